The smallest absolute Gasteiger partial charge is 0.237 e. The number of fused-ring (bicyclic) bond motifs is 2. The monoisotopic (exact) mass is 194 g/mol. The number of guanidine groups is 1. The lowest BCUT2D eigenvalue weighted by atomic mass is 9.95. The second-order valence-corrected chi connectivity index (χ2v) is 3.81. The molecule has 76 valence electrons. The van der Waals surface area contributed by atoms with Crippen LogP contribution >= 0.6 is 0 Å². The zero-order valence-electron chi connectivity index (χ0n) is 7.80. The summed E-state index contributed by atoms with van der Waals surface area (Å²) in [4.78, 5) is 0. The molecule has 0 aliphatic heterocycles. The van der Waals surface area contributed by atoms with Crippen molar-refractivity contribution < 1.29 is 5.21 Å². The van der Waals surface area contributed by atoms with E-state index in [1.54, 1.807) is 5.48 Å². The molecule has 1 saturated carbocycles. The maximum atomic E-state index is 8.34. The van der Waals surface area contributed by atoms with Crippen LogP contribution in [0.1, 0.15) is 12.8 Å². The first-order valence-electron chi connectivity index (χ1n) is 4.74. The minimum atomic E-state index is -0.0834. The first-order chi connectivity index (χ1) is 6.79. The predicted octanol–water partition coefficient (Wildman–Crippen LogP) is 0.478. The Bertz CT molecular complexity index is 297. The standard InChI is InChI=1S/C9H14N4O/c10-9(13-14)12-11-5-8-4-6-1-2-7(8)3-6/h1-2,5-8,14H,3-4H2,(H3,10,12,13)/b11-5-/t6-,7-,8-/m1/s1. The summed E-state index contributed by atoms with van der Waals surface area (Å²) < 4.78 is 0. The minimum Gasteiger partial charge on any atom is -0.367 e. The summed E-state index contributed by atoms with van der Waals surface area (Å²) in [5.74, 6) is 1.76. The lowest BCUT2D eigenvalue weighted by Crippen LogP contribution is -2.27. The van der Waals surface area contributed by atoms with E-state index in [2.05, 4.69) is 22.4 Å². The highest BCUT2D eigenvalue weighted by Crippen LogP contribution is 2.42. The van der Waals surface area contributed by atoms with Crippen LogP contribution < -0.4 is 11.2 Å². The number of nitrogens with zero attached hydrogens (tertiary/aromatic N) is 2. The van der Waals surface area contributed by atoms with Crippen LogP contribution in [0, 0.1) is 17.8 Å². The molecule has 1 fully saturated rings. The predicted molar refractivity (Wildman–Crippen MR) is 53.9 cm³/mol. The Kier molecular flexibility index (Phi) is 2.49. The number of nitrogens with two attached hydrogens (primary N) is 1. The van der Waals surface area contributed by atoms with Gasteiger partial charge in [0.1, 0.15) is 0 Å². The fourth-order valence-electron chi connectivity index (χ4n) is 2.20. The number of rotatable bonds is 2. The van der Waals surface area contributed by atoms with Crippen LogP contribution in [0.4, 0.5) is 0 Å². The van der Waals surface area contributed by atoms with E-state index >= 15 is 0 Å². The van der Waals surface area contributed by atoms with Crippen LogP contribution in [0.15, 0.2) is 22.4 Å². The third-order valence-corrected chi connectivity index (χ3v) is 2.87. The van der Waals surface area contributed by atoms with Gasteiger partial charge in [0.2, 0.25) is 5.96 Å². The van der Waals surface area contributed by atoms with Gasteiger partial charge in [-0.1, -0.05) is 12.2 Å². The molecule has 5 nitrogen and oxygen atoms in total. The number of hydrogen-bond donors (Lipinski definition) is 3. The number of hydroxylamine groups is 1. The summed E-state index contributed by atoms with van der Waals surface area (Å²) in [7, 11) is 0. The quantitative estimate of drug-likeness (QED) is 0.259. The Morgan fingerprint density at radius 3 is 2.93 bits per heavy atom. The first-order valence-corrected chi connectivity index (χ1v) is 4.74. The van der Waals surface area contributed by atoms with Gasteiger partial charge in [-0.25, -0.2) is 5.48 Å². The van der Waals surface area contributed by atoms with Crippen molar-refractivity contribution in [2.24, 2.45) is 33.7 Å². The van der Waals surface area contributed by atoms with Gasteiger partial charge in [0, 0.05) is 12.1 Å². The van der Waals surface area contributed by atoms with Gasteiger partial charge in [-0.3, -0.25) is 5.21 Å². The second kappa shape index (κ2) is 3.79. The highest BCUT2D eigenvalue weighted by atomic mass is 16.5. The van der Waals surface area contributed by atoms with Crippen molar-refractivity contribution in [3.8, 4) is 0 Å². The molecule has 0 aromatic carbocycles. The van der Waals surface area contributed by atoms with Gasteiger partial charge in [-0.15, -0.1) is 5.10 Å². The molecule has 5 heteroatoms. The largest absolute Gasteiger partial charge is 0.367 e. The van der Waals surface area contributed by atoms with Crippen molar-refractivity contribution >= 4 is 12.2 Å². The minimum absolute atomic E-state index is 0.0834. The molecule has 2 bridgehead atoms. The Hall–Kier alpha value is -1.36. The number of hydrogen-bond acceptors (Lipinski definition) is 3. The van der Waals surface area contributed by atoms with E-state index in [9.17, 15) is 0 Å². The SMILES string of the molecule is NC(=N/N=C\[C@H]1C[C@@H]2C=C[C@@H]1C2)NO. The Labute approximate surface area is 82.4 Å². The molecule has 0 heterocycles. The average molecular weight is 194 g/mol. The maximum absolute atomic E-state index is 8.34. The van der Waals surface area contributed by atoms with Gasteiger partial charge in [-0.05, 0) is 24.7 Å². The van der Waals surface area contributed by atoms with Crippen LogP contribution in [-0.2, 0) is 0 Å². The van der Waals surface area contributed by atoms with E-state index in [4.69, 9.17) is 10.9 Å². The topological polar surface area (TPSA) is 83.0 Å². The Morgan fingerprint density at radius 2 is 2.36 bits per heavy atom. The van der Waals surface area contributed by atoms with Crippen LogP contribution in [0.5, 0.6) is 0 Å². The van der Waals surface area contributed by atoms with Gasteiger partial charge < -0.3 is 5.73 Å². The molecule has 0 saturated heterocycles. The molecular formula is C9H14N4O. The summed E-state index contributed by atoms with van der Waals surface area (Å²) in [5, 5.41) is 15.7. The van der Waals surface area contributed by atoms with E-state index in [1.807, 2.05) is 6.21 Å². The second-order valence-electron chi connectivity index (χ2n) is 3.81. The van der Waals surface area contributed by atoms with Crippen LogP contribution in [0.2, 0.25) is 0 Å². The lowest BCUT2D eigenvalue weighted by Gasteiger charge is -2.10. The van der Waals surface area contributed by atoms with Crippen molar-refractivity contribution in [1.82, 2.24) is 5.48 Å². The third-order valence-electron chi connectivity index (χ3n) is 2.87. The number of nitrogens with one attached hydrogen (secondary N) is 1. The van der Waals surface area contributed by atoms with Crippen LogP contribution in [-0.4, -0.2) is 17.4 Å². The molecule has 0 aromatic heterocycles. The summed E-state index contributed by atoms with van der Waals surface area (Å²) in [5.41, 5.74) is 6.92. The zero-order valence-corrected chi connectivity index (χ0v) is 7.80. The molecular weight excluding hydrogens is 180 g/mol. The molecule has 3 atom stereocenters. The molecule has 2 rings (SSSR count). The van der Waals surface area contributed by atoms with Crippen LogP contribution in [0.3, 0.4) is 0 Å². The first kappa shape index (κ1) is 9.21. The van der Waals surface area contributed by atoms with Crippen LogP contribution in [0.25, 0.3) is 0 Å². The van der Waals surface area contributed by atoms with Gasteiger partial charge in [0.15, 0.2) is 0 Å². The van der Waals surface area contributed by atoms with Gasteiger partial charge >= 0.3 is 0 Å². The molecule has 4 N–H and O–H groups in total. The highest BCUT2D eigenvalue weighted by molar-refractivity contribution is 5.77. The molecule has 0 spiro atoms. The Balaban J connectivity index is 1.90. The average Bonchev–Trinajstić information content (AvgIpc) is 2.79. The number of allylic oxidation sites excluding steroid dienone is 2. The molecule has 0 amide bonds. The molecule has 2 aliphatic rings. The van der Waals surface area contributed by atoms with E-state index < -0.39 is 0 Å². The fraction of sp³-hybridized carbons (Fsp3) is 0.556. The highest BCUT2D eigenvalue weighted by Gasteiger charge is 2.34. The molecule has 0 radical (unpaired) electrons. The summed E-state index contributed by atoms with van der Waals surface area (Å²) >= 11 is 0. The van der Waals surface area contributed by atoms with Crippen molar-refractivity contribution in [2.45, 2.75) is 12.8 Å². The van der Waals surface area contributed by atoms with E-state index in [-0.39, 0.29) is 5.96 Å². The Morgan fingerprint density at radius 1 is 1.50 bits per heavy atom. The van der Waals surface area contributed by atoms with E-state index in [0.717, 1.165) is 12.3 Å². The normalized spacial score (nSPS) is 35.8. The molecule has 2 aliphatic carbocycles. The molecule has 0 unspecified atom stereocenters. The molecule has 14 heavy (non-hydrogen) atoms. The van der Waals surface area contributed by atoms with Crippen molar-refractivity contribution in [3.05, 3.63) is 12.2 Å². The van der Waals surface area contributed by atoms with Gasteiger partial charge in [0.25, 0.3) is 0 Å². The van der Waals surface area contributed by atoms with E-state index in [1.165, 1.54) is 6.42 Å². The van der Waals surface area contributed by atoms with Crippen molar-refractivity contribution in [1.29, 1.82) is 0 Å². The van der Waals surface area contributed by atoms with E-state index in [0.29, 0.717) is 11.8 Å². The van der Waals surface area contributed by atoms with Crippen molar-refractivity contribution in [2.75, 3.05) is 0 Å². The lowest BCUT2D eigenvalue weighted by molar-refractivity contribution is 0.232. The van der Waals surface area contributed by atoms with Crippen molar-refractivity contribution in [3.63, 3.8) is 0 Å². The maximum Gasteiger partial charge on any atom is 0.237 e. The third kappa shape index (κ3) is 1.77. The van der Waals surface area contributed by atoms with Gasteiger partial charge in [-0.2, -0.15) is 5.10 Å². The zero-order chi connectivity index (χ0) is 9.97. The summed E-state index contributed by atoms with van der Waals surface area (Å²) in [6, 6.07) is 0. The molecule has 0 aromatic rings. The summed E-state index contributed by atoms with van der Waals surface area (Å²) in [6.45, 7) is 0. The van der Waals surface area contributed by atoms with Gasteiger partial charge in [0.05, 0.1) is 0 Å². The fourth-order valence-corrected chi connectivity index (χ4v) is 2.20. The summed E-state index contributed by atoms with van der Waals surface area (Å²) in [6.07, 6.45) is 8.75.